The molecule has 1 amide bonds. The van der Waals surface area contributed by atoms with Gasteiger partial charge in [0.15, 0.2) is 0 Å². The lowest BCUT2D eigenvalue weighted by atomic mass is 9.69. The average Bonchev–Trinajstić information content (AvgIpc) is 3.17. The zero-order chi connectivity index (χ0) is 12.3. The maximum Gasteiger partial charge on any atom is 0.241 e. The van der Waals surface area contributed by atoms with Crippen LogP contribution in [-0.2, 0) is 16.8 Å². The molecule has 1 saturated heterocycles. The van der Waals surface area contributed by atoms with Crippen LogP contribution < -0.4 is 5.32 Å². The highest BCUT2D eigenvalue weighted by Crippen LogP contribution is 2.42. The number of rotatable bonds is 1. The smallest absolute Gasteiger partial charge is 0.241 e. The Morgan fingerprint density at radius 3 is 2.78 bits per heavy atom. The van der Waals surface area contributed by atoms with E-state index in [9.17, 15) is 4.79 Å². The Labute approximate surface area is 107 Å². The average molecular weight is 242 g/mol. The van der Waals surface area contributed by atoms with Gasteiger partial charge < -0.3 is 10.2 Å². The van der Waals surface area contributed by atoms with E-state index < -0.39 is 0 Å². The van der Waals surface area contributed by atoms with Gasteiger partial charge in [-0.3, -0.25) is 4.79 Å². The molecule has 1 N–H and O–H groups in total. The summed E-state index contributed by atoms with van der Waals surface area (Å²) in [6, 6.07) is 9.05. The summed E-state index contributed by atoms with van der Waals surface area (Å²) >= 11 is 0. The molecule has 3 heteroatoms. The van der Waals surface area contributed by atoms with Crippen LogP contribution in [0.3, 0.4) is 0 Å². The molecule has 2 unspecified atom stereocenters. The van der Waals surface area contributed by atoms with Crippen molar-refractivity contribution < 1.29 is 4.79 Å². The van der Waals surface area contributed by atoms with Crippen molar-refractivity contribution in [3.05, 3.63) is 35.4 Å². The normalized spacial score (nSPS) is 34.4. The molecule has 94 valence electrons. The second-order valence-electron chi connectivity index (χ2n) is 6.09. The first-order valence-corrected chi connectivity index (χ1v) is 6.82. The third kappa shape index (κ3) is 1.25. The quantitative estimate of drug-likeness (QED) is 0.808. The van der Waals surface area contributed by atoms with Crippen molar-refractivity contribution in [2.24, 2.45) is 0 Å². The first-order chi connectivity index (χ1) is 8.70. The lowest BCUT2D eigenvalue weighted by Crippen LogP contribution is -2.68. The number of fused-ring (bicyclic) bond motifs is 3. The minimum atomic E-state index is -0.0123. The number of benzene rings is 1. The van der Waals surface area contributed by atoms with Gasteiger partial charge in [0.1, 0.15) is 0 Å². The van der Waals surface area contributed by atoms with Gasteiger partial charge in [-0.2, -0.15) is 0 Å². The zero-order valence-electron chi connectivity index (χ0n) is 10.6. The molecule has 18 heavy (non-hydrogen) atoms. The van der Waals surface area contributed by atoms with Gasteiger partial charge in [0.2, 0.25) is 5.91 Å². The third-order valence-electron chi connectivity index (χ3n) is 4.80. The van der Waals surface area contributed by atoms with E-state index in [1.807, 2.05) is 0 Å². The Hall–Kier alpha value is -1.35. The van der Waals surface area contributed by atoms with Crippen LogP contribution in [0.15, 0.2) is 24.3 Å². The first-order valence-electron chi connectivity index (χ1n) is 6.82. The minimum absolute atomic E-state index is 0.00266. The Morgan fingerprint density at radius 1 is 1.33 bits per heavy atom. The molecular formula is C15H18N2O. The molecule has 1 aromatic rings. The third-order valence-corrected chi connectivity index (χ3v) is 4.80. The van der Waals surface area contributed by atoms with Crippen molar-refractivity contribution >= 4 is 5.91 Å². The van der Waals surface area contributed by atoms with E-state index in [0.29, 0.717) is 11.9 Å². The monoisotopic (exact) mass is 242 g/mol. The van der Waals surface area contributed by atoms with Gasteiger partial charge in [-0.05, 0) is 24.0 Å². The molecule has 2 aliphatic heterocycles. The first kappa shape index (κ1) is 10.6. The number of nitrogens with one attached hydrogen (secondary N) is 1. The molecule has 1 aromatic carbocycles. The van der Waals surface area contributed by atoms with Crippen molar-refractivity contribution in [1.29, 1.82) is 0 Å². The van der Waals surface area contributed by atoms with Gasteiger partial charge in [-0.25, -0.2) is 0 Å². The summed E-state index contributed by atoms with van der Waals surface area (Å²) in [5.74, 6) is 0.308. The van der Waals surface area contributed by atoms with E-state index in [0.717, 1.165) is 13.1 Å². The lowest BCUT2D eigenvalue weighted by molar-refractivity contribution is -0.138. The van der Waals surface area contributed by atoms with Gasteiger partial charge in [0.25, 0.3) is 0 Å². The highest BCUT2D eigenvalue weighted by Gasteiger charge is 2.53. The van der Waals surface area contributed by atoms with Gasteiger partial charge in [0.05, 0.1) is 6.04 Å². The molecule has 2 atom stereocenters. The van der Waals surface area contributed by atoms with E-state index in [2.05, 4.69) is 41.4 Å². The van der Waals surface area contributed by atoms with Crippen LogP contribution in [0, 0.1) is 0 Å². The van der Waals surface area contributed by atoms with Crippen LogP contribution in [0.2, 0.25) is 0 Å². The number of carbonyl (C=O) groups excluding carboxylic acids is 1. The number of nitrogens with zero attached hydrogens (tertiary/aromatic N) is 1. The zero-order valence-corrected chi connectivity index (χ0v) is 10.6. The van der Waals surface area contributed by atoms with Crippen molar-refractivity contribution in [2.75, 3.05) is 6.54 Å². The fourth-order valence-corrected chi connectivity index (χ4v) is 3.46. The van der Waals surface area contributed by atoms with Crippen LogP contribution in [0.5, 0.6) is 0 Å². The number of amides is 1. The molecule has 2 fully saturated rings. The maximum atomic E-state index is 12.6. The standard InChI is InChI=1S/C15H18N2O/c1-15-9-16-13(15)14(18)17(11-6-7-11)8-10-4-2-3-5-12(10)15/h2-5,11,13,16H,6-9H2,1H3. The highest BCUT2D eigenvalue weighted by molar-refractivity contribution is 5.87. The number of hydrogen-bond acceptors (Lipinski definition) is 2. The topological polar surface area (TPSA) is 32.3 Å². The Kier molecular flexibility index (Phi) is 1.97. The molecule has 1 aliphatic carbocycles. The number of hydrogen-bond donors (Lipinski definition) is 1. The van der Waals surface area contributed by atoms with E-state index in [1.165, 1.54) is 24.0 Å². The van der Waals surface area contributed by atoms with Crippen LogP contribution in [0.25, 0.3) is 0 Å². The molecular weight excluding hydrogens is 224 g/mol. The molecule has 4 rings (SSSR count). The predicted octanol–water partition coefficient (Wildman–Crippen LogP) is 1.42. The van der Waals surface area contributed by atoms with Gasteiger partial charge in [0, 0.05) is 24.5 Å². The van der Waals surface area contributed by atoms with Gasteiger partial charge in [-0.1, -0.05) is 31.2 Å². The second kappa shape index (κ2) is 3.35. The molecule has 1 saturated carbocycles. The van der Waals surface area contributed by atoms with Crippen LogP contribution in [0.4, 0.5) is 0 Å². The van der Waals surface area contributed by atoms with E-state index in [1.54, 1.807) is 0 Å². The second-order valence-corrected chi connectivity index (χ2v) is 6.09. The molecule has 0 radical (unpaired) electrons. The minimum Gasteiger partial charge on any atom is -0.334 e. The van der Waals surface area contributed by atoms with Gasteiger partial charge in [-0.15, -0.1) is 0 Å². The van der Waals surface area contributed by atoms with Crippen LogP contribution in [0.1, 0.15) is 30.9 Å². The summed E-state index contributed by atoms with van der Waals surface area (Å²) in [5.41, 5.74) is 2.70. The largest absolute Gasteiger partial charge is 0.334 e. The molecule has 3 nitrogen and oxygen atoms in total. The summed E-state index contributed by atoms with van der Waals surface area (Å²) < 4.78 is 0. The summed E-state index contributed by atoms with van der Waals surface area (Å²) in [4.78, 5) is 14.7. The van der Waals surface area contributed by atoms with Gasteiger partial charge >= 0.3 is 0 Å². The van der Waals surface area contributed by atoms with E-state index in [4.69, 9.17) is 0 Å². The Morgan fingerprint density at radius 2 is 2.11 bits per heavy atom. The maximum absolute atomic E-state index is 12.6. The Bertz CT molecular complexity index is 519. The SMILES string of the molecule is CC12CNC1C(=O)N(C1CC1)Cc1ccccc12. The molecule has 0 aromatic heterocycles. The molecule has 0 spiro atoms. The molecule has 2 heterocycles. The van der Waals surface area contributed by atoms with Crippen molar-refractivity contribution in [3.63, 3.8) is 0 Å². The predicted molar refractivity (Wildman–Crippen MR) is 69.2 cm³/mol. The Balaban J connectivity index is 1.84. The van der Waals surface area contributed by atoms with Crippen LogP contribution >= 0.6 is 0 Å². The van der Waals surface area contributed by atoms with Crippen LogP contribution in [-0.4, -0.2) is 29.4 Å². The molecule has 3 aliphatic rings. The van der Waals surface area contributed by atoms with Crippen molar-refractivity contribution in [2.45, 2.75) is 43.8 Å². The summed E-state index contributed by atoms with van der Waals surface area (Å²) in [6.07, 6.45) is 2.36. The summed E-state index contributed by atoms with van der Waals surface area (Å²) in [5, 5.41) is 3.34. The highest BCUT2D eigenvalue weighted by atomic mass is 16.2. The lowest BCUT2D eigenvalue weighted by Gasteiger charge is -2.47. The number of carbonyl (C=O) groups is 1. The fourth-order valence-electron chi connectivity index (χ4n) is 3.46. The summed E-state index contributed by atoms with van der Waals surface area (Å²) in [7, 11) is 0. The van der Waals surface area contributed by atoms with E-state index in [-0.39, 0.29) is 11.5 Å². The fraction of sp³-hybridized carbons (Fsp3) is 0.533. The summed E-state index contributed by atoms with van der Waals surface area (Å²) in [6.45, 7) is 3.94. The molecule has 0 bridgehead atoms. The van der Waals surface area contributed by atoms with E-state index >= 15 is 0 Å². The van der Waals surface area contributed by atoms with Crippen molar-refractivity contribution in [3.8, 4) is 0 Å². The van der Waals surface area contributed by atoms with Crippen molar-refractivity contribution in [1.82, 2.24) is 10.2 Å².